The van der Waals surface area contributed by atoms with Crippen LogP contribution >= 0.6 is 11.3 Å². The Kier molecular flexibility index (Phi) is 8.35. The third kappa shape index (κ3) is 6.42. The molecule has 0 bridgehead atoms. The molecule has 0 aliphatic carbocycles. The van der Waals surface area contributed by atoms with Crippen molar-refractivity contribution in [2.45, 2.75) is 40.0 Å². The molecule has 0 saturated heterocycles. The smallest absolute Gasteiger partial charge is 0.193 e. The van der Waals surface area contributed by atoms with Crippen LogP contribution in [0.25, 0.3) is 0 Å². The molecular weight excluding hydrogens is 266 g/mol. The predicted octanol–water partition coefficient (Wildman–Crippen LogP) is 3.62. The maximum absolute atomic E-state index is 4.78. The third-order valence-electron chi connectivity index (χ3n) is 3.23. The number of hydrogen-bond donors (Lipinski definition) is 1. The van der Waals surface area contributed by atoms with E-state index in [1.54, 1.807) is 0 Å². The molecular formula is C16H29N3S. The molecule has 0 aromatic carbocycles. The van der Waals surface area contributed by atoms with Gasteiger partial charge in [0.25, 0.3) is 0 Å². The summed E-state index contributed by atoms with van der Waals surface area (Å²) in [4.78, 5) is 8.48. The molecule has 4 heteroatoms. The van der Waals surface area contributed by atoms with Gasteiger partial charge >= 0.3 is 0 Å². The van der Waals surface area contributed by atoms with Crippen LogP contribution < -0.4 is 5.32 Å². The van der Waals surface area contributed by atoms with Gasteiger partial charge in [0.1, 0.15) is 0 Å². The van der Waals surface area contributed by atoms with Crippen molar-refractivity contribution in [1.29, 1.82) is 0 Å². The molecule has 1 rings (SSSR count). The lowest BCUT2D eigenvalue weighted by atomic mass is 10.1. The van der Waals surface area contributed by atoms with E-state index in [-0.39, 0.29) is 0 Å². The topological polar surface area (TPSA) is 27.6 Å². The van der Waals surface area contributed by atoms with E-state index in [9.17, 15) is 0 Å². The molecule has 0 aliphatic rings. The fourth-order valence-corrected chi connectivity index (χ4v) is 2.92. The van der Waals surface area contributed by atoms with E-state index in [4.69, 9.17) is 4.99 Å². The molecule has 114 valence electrons. The molecule has 0 amide bonds. The van der Waals surface area contributed by atoms with Crippen LogP contribution in [0.5, 0.6) is 0 Å². The SMILES string of the molecule is CCCCN(C)C(=NCC(C)Cc1cccs1)NCC. The average molecular weight is 295 g/mol. The van der Waals surface area contributed by atoms with Gasteiger partial charge in [-0.25, -0.2) is 0 Å². The van der Waals surface area contributed by atoms with Crippen LogP contribution in [0.3, 0.4) is 0 Å². The van der Waals surface area contributed by atoms with Crippen molar-refractivity contribution >= 4 is 17.3 Å². The summed E-state index contributed by atoms with van der Waals surface area (Å²) in [6.45, 7) is 9.50. The zero-order chi connectivity index (χ0) is 14.8. The zero-order valence-electron chi connectivity index (χ0n) is 13.4. The van der Waals surface area contributed by atoms with Crippen LogP contribution in [0.1, 0.15) is 38.5 Å². The summed E-state index contributed by atoms with van der Waals surface area (Å²) in [7, 11) is 2.13. The largest absolute Gasteiger partial charge is 0.357 e. The maximum Gasteiger partial charge on any atom is 0.193 e. The van der Waals surface area contributed by atoms with Gasteiger partial charge in [0.05, 0.1) is 0 Å². The first-order valence-electron chi connectivity index (χ1n) is 7.69. The molecule has 1 heterocycles. The first-order valence-corrected chi connectivity index (χ1v) is 8.57. The summed E-state index contributed by atoms with van der Waals surface area (Å²) in [5.41, 5.74) is 0. The Hall–Kier alpha value is -1.03. The number of hydrogen-bond acceptors (Lipinski definition) is 2. The molecule has 1 aromatic heterocycles. The van der Waals surface area contributed by atoms with Crippen molar-refractivity contribution in [2.24, 2.45) is 10.9 Å². The second-order valence-electron chi connectivity index (χ2n) is 5.36. The Labute approximate surface area is 128 Å². The molecule has 3 nitrogen and oxygen atoms in total. The van der Waals surface area contributed by atoms with Crippen molar-refractivity contribution < 1.29 is 0 Å². The lowest BCUT2D eigenvalue weighted by molar-refractivity contribution is 0.461. The quantitative estimate of drug-likeness (QED) is 0.586. The summed E-state index contributed by atoms with van der Waals surface area (Å²) in [6, 6.07) is 4.34. The molecule has 20 heavy (non-hydrogen) atoms. The minimum atomic E-state index is 0.585. The van der Waals surface area contributed by atoms with Gasteiger partial charge < -0.3 is 10.2 Å². The van der Waals surface area contributed by atoms with E-state index in [1.807, 2.05) is 11.3 Å². The summed E-state index contributed by atoms with van der Waals surface area (Å²) in [5, 5.41) is 5.53. The minimum absolute atomic E-state index is 0.585. The van der Waals surface area contributed by atoms with Crippen molar-refractivity contribution in [1.82, 2.24) is 10.2 Å². The second-order valence-corrected chi connectivity index (χ2v) is 6.39. The van der Waals surface area contributed by atoms with E-state index in [2.05, 4.69) is 55.5 Å². The fraction of sp³-hybridized carbons (Fsp3) is 0.688. The summed E-state index contributed by atoms with van der Waals surface area (Å²) < 4.78 is 0. The van der Waals surface area contributed by atoms with Gasteiger partial charge in [0, 0.05) is 31.6 Å². The van der Waals surface area contributed by atoms with E-state index in [1.165, 1.54) is 17.7 Å². The number of nitrogens with zero attached hydrogens (tertiary/aromatic N) is 2. The van der Waals surface area contributed by atoms with E-state index < -0.39 is 0 Å². The number of aliphatic imine (C=N–C) groups is 1. The molecule has 0 radical (unpaired) electrons. The Bertz CT molecular complexity index is 373. The number of guanidine groups is 1. The summed E-state index contributed by atoms with van der Waals surface area (Å²) in [5.74, 6) is 1.63. The molecule has 0 aliphatic heterocycles. The van der Waals surface area contributed by atoms with E-state index in [0.717, 1.165) is 32.0 Å². The molecule has 0 fully saturated rings. The highest BCUT2D eigenvalue weighted by Crippen LogP contribution is 2.14. The number of rotatable bonds is 8. The molecule has 0 spiro atoms. The highest BCUT2D eigenvalue weighted by Gasteiger charge is 2.07. The van der Waals surface area contributed by atoms with Crippen molar-refractivity contribution in [3.05, 3.63) is 22.4 Å². The number of unbranched alkanes of at least 4 members (excludes halogenated alkanes) is 1. The van der Waals surface area contributed by atoms with Gasteiger partial charge in [0.15, 0.2) is 5.96 Å². The first-order chi connectivity index (χ1) is 9.67. The van der Waals surface area contributed by atoms with Crippen molar-refractivity contribution in [3.63, 3.8) is 0 Å². The van der Waals surface area contributed by atoms with Crippen LogP contribution in [-0.4, -0.2) is 37.5 Å². The minimum Gasteiger partial charge on any atom is -0.357 e. The van der Waals surface area contributed by atoms with Gasteiger partial charge in [-0.15, -0.1) is 11.3 Å². The summed E-state index contributed by atoms with van der Waals surface area (Å²) in [6.07, 6.45) is 3.56. The van der Waals surface area contributed by atoms with Gasteiger partial charge in [-0.05, 0) is 37.1 Å². The average Bonchev–Trinajstić information content (AvgIpc) is 2.93. The van der Waals surface area contributed by atoms with Crippen LogP contribution in [0.2, 0.25) is 0 Å². The van der Waals surface area contributed by atoms with E-state index in [0.29, 0.717) is 5.92 Å². The molecule has 1 atom stereocenters. The van der Waals surface area contributed by atoms with Crippen LogP contribution in [0.4, 0.5) is 0 Å². The van der Waals surface area contributed by atoms with Gasteiger partial charge in [0.2, 0.25) is 0 Å². The lowest BCUT2D eigenvalue weighted by Gasteiger charge is -2.22. The Balaban J connectivity index is 2.48. The first kappa shape index (κ1) is 17.0. The Morgan fingerprint density at radius 1 is 1.45 bits per heavy atom. The maximum atomic E-state index is 4.78. The highest BCUT2D eigenvalue weighted by molar-refractivity contribution is 7.09. The second kappa shape index (κ2) is 9.81. The van der Waals surface area contributed by atoms with Crippen LogP contribution in [0.15, 0.2) is 22.5 Å². The third-order valence-corrected chi connectivity index (χ3v) is 4.12. The standard InChI is InChI=1S/C16H29N3S/c1-5-7-10-19(4)16(17-6-2)18-13-14(3)12-15-9-8-11-20-15/h8-9,11,14H,5-7,10,12-13H2,1-4H3,(H,17,18). The Morgan fingerprint density at radius 2 is 2.25 bits per heavy atom. The van der Waals surface area contributed by atoms with E-state index >= 15 is 0 Å². The number of nitrogens with one attached hydrogen (secondary N) is 1. The predicted molar refractivity (Wildman–Crippen MR) is 90.7 cm³/mol. The van der Waals surface area contributed by atoms with Crippen LogP contribution in [-0.2, 0) is 6.42 Å². The Morgan fingerprint density at radius 3 is 2.85 bits per heavy atom. The molecule has 0 saturated carbocycles. The van der Waals surface area contributed by atoms with Crippen molar-refractivity contribution in [2.75, 3.05) is 26.7 Å². The lowest BCUT2D eigenvalue weighted by Crippen LogP contribution is -2.39. The van der Waals surface area contributed by atoms with Crippen LogP contribution in [0, 0.1) is 5.92 Å². The summed E-state index contributed by atoms with van der Waals surface area (Å²) >= 11 is 1.84. The molecule has 1 N–H and O–H groups in total. The number of thiophene rings is 1. The fourth-order valence-electron chi connectivity index (χ4n) is 2.05. The normalized spacial score (nSPS) is 13.3. The van der Waals surface area contributed by atoms with Crippen molar-refractivity contribution in [3.8, 4) is 0 Å². The molecule has 1 unspecified atom stereocenters. The highest BCUT2D eigenvalue weighted by atomic mass is 32.1. The van der Waals surface area contributed by atoms with Gasteiger partial charge in [-0.1, -0.05) is 26.3 Å². The zero-order valence-corrected chi connectivity index (χ0v) is 14.2. The monoisotopic (exact) mass is 295 g/mol. The van der Waals surface area contributed by atoms with Gasteiger partial charge in [-0.2, -0.15) is 0 Å². The van der Waals surface area contributed by atoms with Gasteiger partial charge in [-0.3, -0.25) is 4.99 Å². The molecule has 1 aromatic rings.